The van der Waals surface area contributed by atoms with Gasteiger partial charge in [0.15, 0.2) is 0 Å². The molecule has 0 bridgehead atoms. The van der Waals surface area contributed by atoms with Crippen molar-refractivity contribution in [2.24, 2.45) is 5.92 Å². The smallest absolute Gasteiger partial charge is 0.225 e. The van der Waals surface area contributed by atoms with E-state index in [1.807, 2.05) is 6.07 Å². The summed E-state index contributed by atoms with van der Waals surface area (Å²) in [7, 11) is 0. The molecule has 1 aliphatic heterocycles. The summed E-state index contributed by atoms with van der Waals surface area (Å²) in [6.07, 6.45) is 6.65. The van der Waals surface area contributed by atoms with Crippen LogP contribution in [0.5, 0.6) is 0 Å². The Morgan fingerprint density at radius 1 is 1.17 bits per heavy atom. The van der Waals surface area contributed by atoms with Crippen molar-refractivity contribution in [1.29, 1.82) is 0 Å². The summed E-state index contributed by atoms with van der Waals surface area (Å²) in [5.74, 6) is 0.416. The Labute approximate surface area is 107 Å². The molecule has 2 nitrogen and oxygen atoms in total. The first-order chi connectivity index (χ1) is 8.75. The Hall–Kier alpha value is -1.38. The topological polar surface area (TPSA) is 29.1 Å². The maximum atomic E-state index is 13.8. The molecule has 0 spiro atoms. The molecular formula is C15H18FNO. The van der Waals surface area contributed by atoms with Crippen LogP contribution in [0.1, 0.15) is 50.0 Å². The fraction of sp³-hybridized carbons (Fsp3) is 0.533. The summed E-state index contributed by atoms with van der Waals surface area (Å²) in [5, 5.41) is 2.68. The molecule has 0 radical (unpaired) electrons. The van der Waals surface area contributed by atoms with Crippen LogP contribution < -0.4 is 5.32 Å². The number of anilines is 1. The molecule has 0 aromatic heterocycles. The molecule has 18 heavy (non-hydrogen) atoms. The van der Waals surface area contributed by atoms with E-state index in [-0.39, 0.29) is 17.6 Å². The summed E-state index contributed by atoms with van der Waals surface area (Å²) in [5.41, 5.74) is 1.42. The van der Waals surface area contributed by atoms with Crippen molar-refractivity contribution in [2.45, 2.75) is 44.4 Å². The summed E-state index contributed by atoms with van der Waals surface area (Å²) >= 11 is 0. The number of halogens is 1. The van der Waals surface area contributed by atoms with E-state index in [9.17, 15) is 9.18 Å². The van der Waals surface area contributed by atoms with Crippen LogP contribution in [-0.2, 0) is 4.79 Å². The number of carbonyl (C=O) groups is 1. The molecule has 3 heteroatoms. The third-order valence-electron chi connectivity index (χ3n) is 4.33. The molecule has 1 heterocycles. The molecule has 1 amide bonds. The van der Waals surface area contributed by atoms with Crippen molar-refractivity contribution in [1.82, 2.24) is 0 Å². The Morgan fingerprint density at radius 2 is 1.94 bits per heavy atom. The van der Waals surface area contributed by atoms with Gasteiger partial charge in [-0.1, -0.05) is 31.4 Å². The number of hydrogen-bond donors (Lipinski definition) is 1. The molecule has 1 atom stereocenters. The minimum atomic E-state index is -0.304. The lowest BCUT2D eigenvalue weighted by atomic mass is 9.73. The molecule has 1 fully saturated rings. The number of rotatable bonds is 1. The molecule has 1 aromatic rings. The second-order valence-electron chi connectivity index (χ2n) is 5.46. The maximum absolute atomic E-state index is 13.8. The second kappa shape index (κ2) is 4.71. The monoisotopic (exact) mass is 247 g/mol. The van der Waals surface area contributed by atoms with Gasteiger partial charge in [-0.3, -0.25) is 4.79 Å². The number of fused-ring (bicyclic) bond motifs is 1. The predicted molar refractivity (Wildman–Crippen MR) is 69.0 cm³/mol. The van der Waals surface area contributed by atoms with Gasteiger partial charge in [0.05, 0.1) is 5.69 Å². The number of para-hydroxylation sites is 1. The second-order valence-corrected chi connectivity index (χ2v) is 5.46. The molecule has 96 valence electrons. The zero-order chi connectivity index (χ0) is 12.5. The highest BCUT2D eigenvalue weighted by molar-refractivity contribution is 5.94. The number of amides is 1. The molecule has 1 N–H and O–H groups in total. The first kappa shape index (κ1) is 11.7. The molecule has 1 saturated carbocycles. The van der Waals surface area contributed by atoms with Gasteiger partial charge in [0, 0.05) is 6.42 Å². The van der Waals surface area contributed by atoms with Crippen molar-refractivity contribution in [2.75, 3.05) is 5.32 Å². The lowest BCUT2D eigenvalue weighted by Crippen LogP contribution is -2.28. The highest BCUT2D eigenvalue weighted by atomic mass is 19.1. The van der Waals surface area contributed by atoms with Gasteiger partial charge in [0.25, 0.3) is 0 Å². The van der Waals surface area contributed by atoms with E-state index in [2.05, 4.69) is 5.32 Å². The van der Waals surface area contributed by atoms with Crippen molar-refractivity contribution in [3.8, 4) is 0 Å². The highest BCUT2D eigenvalue weighted by Gasteiger charge is 2.33. The Morgan fingerprint density at radius 3 is 2.72 bits per heavy atom. The Balaban J connectivity index is 1.96. The van der Waals surface area contributed by atoms with E-state index in [0.717, 1.165) is 5.56 Å². The maximum Gasteiger partial charge on any atom is 0.225 e. The van der Waals surface area contributed by atoms with Gasteiger partial charge in [-0.2, -0.15) is 0 Å². The van der Waals surface area contributed by atoms with E-state index in [4.69, 9.17) is 0 Å². The largest absolute Gasteiger partial charge is 0.323 e. The predicted octanol–water partition coefficient (Wildman–Crippen LogP) is 3.83. The van der Waals surface area contributed by atoms with Gasteiger partial charge in [0.2, 0.25) is 5.91 Å². The van der Waals surface area contributed by atoms with Crippen LogP contribution in [0.15, 0.2) is 18.2 Å². The quantitative estimate of drug-likeness (QED) is 0.802. The lowest BCUT2D eigenvalue weighted by molar-refractivity contribution is -0.117. The molecule has 3 rings (SSSR count). The SMILES string of the molecule is O=C1CC(C2CCCCC2)c2cccc(F)c2N1. The number of carbonyl (C=O) groups excluding carboxylic acids is 1. The van der Waals surface area contributed by atoms with Crippen molar-refractivity contribution in [3.05, 3.63) is 29.6 Å². The van der Waals surface area contributed by atoms with Gasteiger partial charge in [0.1, 0.15) is 5.82 Å². The fourth-order valence-corrected chi connectivity index (χ4v) is 3.44. The zero-order valence-corrected chi connectivity index (χ0v) is 10.4. The zero-order valence-electron chi connectivity index (χ0n) is 10.4. The fourth-order valence-electron chi connectivity index (χ4n) is 3.44. The molecule has 1 aliphatic carbocycles. The van der Waals surface area contributed by atoms with Crippen molar-refractivity contribution < 1.29 is 9.18 Å². The molecule has 1 unspecified atom stereocenters. The van der Waals surface area contributed by atoms with E-state index in [1.165, 1.54) is 38.2 Å². The van der Waals surface area contributed by atoms with Crippen LogP contribution >= 0.6 is 0 Å². The van der Waals surface area contributed by atoms with Crippen molar-refractivity contribution in [3.63, 3.8) is 0 Å². The average molecular weight is 247 g/mol. The first-order valence-electron chi connectivity index (χ1n) is 6.84. The van der Waals surface area contributed by atoms with Gasteiger partial charge in [-0.25, -0.2) is 4.39 Å². The molecular weight excluding hydrogens is 229 g/mol. The Kier molecular flexibility index (Phi) is 3.06. The van der Waals surface area contributed by atoms with E-state index in [1.54, 1.807) is 6.07 Å². The number of benzene rings is 1. The third kappa shape index (κ3) is 2.02. The van der Waals surface area contributed by atoms with E-state index >= 15 is 0 Å². The van der Waals surface area contributed by atoms with Crippen LogP contribution in [0.4, 0.5) is 10.1 Å². The highest BCUT2D eigenvalue weighted by Crippen LogP contribution is 2.43. The number of nitrogens with one attached hydrogen (secondary N) is 1. The minimum absolute atomic E-state index is 0.0387. The lowest BCUT2D eigenvalue weighted by Gasteiger charge is -2.34. The first-order valence-corrected chi connectivity index (χ1v) is 6.84. The normalized spacial score (nSPS) is 24.5. The van der Waals surface area contributed by atoms with E-state index in [0.29, 0.717) is 18.0 Å². The van der Waals surface area contributed by atoms with Gasteiger partial charge in [-0.15, -0.1) is 0 Å². The average Bonchev–Trinajstić information content (AvgIpc) is 2.40. The van der Waals surface area contributed by atoms with Gasteiger partial charge >= 0.3 is 0 Å². The third-order valence-corrected chi connectivity index (χ3v) is 4.33. The standard InChI is InChI=1S/C15H18FNO/c16-13-8-4-7-11-12(9-14(18)17-15(11)13)10-5-2-1-3-6-10/h4,7-8,10,12H,1-3,5-6,9H2,(H,17,18). The summed E-state index contributed by atoms with van der Waals surface area (Å²) in [6.45, 7) is 0. The molecule has 1 aromatic carbocycles. The van der Waals surface area contributed by atoms with Crippen molar-refractivity contribution >= 4 is 11.6 Å². The van der Waals surface area contributed by atoms with Crippen LogP contribution in [0, 0.1) is 11.7 Å². The van der Waals surface area contributed by atoms with Crippen LogP contribution in [0.25, 0.3) is 0 Å². The van der Waals surface area contributed by atoms with Crippen LogP contribution in [0.2, 0.25) is 0 Å². The van der Waals surface area contributed by atoms with Crippen LogP contribution in [0.3, 0.4) is 0 Å². The molecule has 0 saturated heterocycles. The minimum Gasteiger partial charge on any atom is -0.323 e. The summed E-state index contributed by atoms with van der Waals surface area (Å²) < 4.78 is 13.8. The van der Waals surface area contributed by atoms with E-state index < -0.39 is 0 Å². The summed E-state index contributed by atoms with van der Waals surface area (Å²) in [6, 6.07) is 5.14. The summed E-state index contributed by atoms with van der Waals surface area (Å²) in [4.78, 5) is 11.8. The molecule has 2 aliphatic rings. The van der Waals surface area contributed by atoms with Crippen LogP contribution in [-0.4, -0.2) is 5.91 Å². The Bertz CT molecular complexity index is 466. The van der Waals surface area contributed by atoms with Gasteiger partial charge < -0.3 is 5.32 Å². The van der Waals surface area contributed by atoms with Gasteiger partial charge in [-0.05, 0) is 36.3 Å². The number of hydrogen-bond acceptors (Lipinski definition) is 1.